The largest absolute Gasteiger partial charge is 0.392 e. The Hall–Kier alpha value is -1.94. The maximum absolute atomic E-state index is 11.9. The van der Waals surface area contributed by atoms with Crippen LogP contribution < -0.4 is 5.32 Å². The Morgan fingerprint density at radius 3 is 2.94 bits per heavy atom. The number of aliphatic hydroxyl groups excluding tert-OH is 1. The number of nitrogens with zero attached hydrogens (tertiary/aromatic N) is 1. The van der Waals surface area contributed by atoms with Crippen molar-refractivity contribution in [3.8, 4) is 0 Å². The predicted molar refractivity (Wildman–Crippen MR) is 65.8 cm³/mol. The minimum Gasteiger partial charge on any atom is -0.392 e. The summed E-state index contributed by atoms with van der Waals surface area (Å²) in [7, 11) is 0. The highest BCUT2D eigenvalue weighted by atomic mass is 16.3. The van der Waals surface area contributed by atoms with Gasteiger partial charge in [0.25, 0.3) is 5.91 Å². The van der Waals surface area contributed by atoms with Gasteiger partial charge in [-0.15, -0.1) is 0 Å². The number of hydrogen-bond acceptors (Lipinski definition) is 3. The SMILES string of the molecule is C[C@@H](O)CNC(=O)c1cccc2cccnc12. The fourth-order valence-corrected chi connectivity index (χ4v) is 1.62. The summed E-state index contributed by atoms with van der Waals surface area (Å²) in [5.41, 5.74) is 1.21. The molecular formula is C13H14N2O2. The van der Waals surface area contributed by atoms with Crippen LogP contribution in [-0.4, -0.2) is 28.6 Å². The molecule has 1 atom stereocenters. The van der Waals surface area contributed by atoms with Crippen LogP contribution in [0.3, 0.4) is 0 Å². The molecule has 0 aliphatic carbocycles. The molecule has 0 saturated heterocycles. The van der Waals surface area contributed by atoms with Crippen LogP contribution in [0, 0.1) is 0 Å². The number of aliphatic hydroxyl groups is 1. The summed E-state index contributed by atoms with van der Waals surface area (Å²) >= 11 is 0. The molecule has 1 heterocycles. The molecule has 2 N–H and O–H groups in total. The monoisotopic (exact) mass is 230 g/mol. The molecule has 0 unspecified atom stereocenters. The molecule has 0 aliphatic heterocycles. The van der Waals surface area contributed by atoms with Crippen LogP contribution in [0.1, 0.15) is 17.3 Å². The van der Waals surface area contributed by atoms with Crippen molar-refractivity contribution in [3.63, 3.8) is 0 Å². The smallest absolute Gasteiger partial charge is 0.253 e. The van der Waals surface area contributed by atoms with Gasteiger partial charge in [-0.2, -0.15) is 0 Å². The molecule has 1 aromatic heterocycles. The first-order chi connectivity index (χ1) is 8.18. The van der Waals surface area contributed by atoms with Crippen LogP contribution in [0.4, 0.5) is 0 Å². The zero-order chi connectivity index (χ0) is 12.3. The van der Waals surface area contributed by atoms with Gasteiger partial charge in [0.05, 0.1) is 17.2 Å². The molecule has 0 saturated carbocycles. The quantitative estimate of drug-likeness (QED) is 0.836. The lowest BCUT2D eigenvalue weighted by atomic mass is 10.1. The molecule has 0 fully saturated rings. The van der Waals surface area contributed by atoms with Gasteiger partial charge in [0.2, 0.25) is 0 Å². The van der Waals surface area contributed by atoms with Crippen molar-refractivity contribution in [3.05, 3.63) is 42.1 Å². The average Bonchev–Trinajstić information content (AvgIpc) is 2.35. The highest BCUT2D eigenvalue weighted by Crippen LogP contribution is 2.15. The van der Waals surface area contributed by atoms with Gasteiger partial charge in [0.15, 0.2) is 0 Å². The number of amides is 1. The van der Waals surface area contributed by atoms with Crippen molar-refractivity contribution in [1.29, 1.82) is 0 Å². The molecule has 0 spiro atoms. The Labute approximate surface area is 99.3 Å². The second-order valence-electron chi connectivity index (χ2n) is 3.94. The van der Waals surface area contributed by atoms with Crippen LogP contribution in [0.5, 0.6) is 0 Å². The first-order valence-corrected chi connectivity index (χ1v) is 5.48. The third kappa shape index (κ3) is 2.60. The van der Waals surface area contributed by atoms with E-state index < -0.39 is 6.10 Å². The summed E-state index contributed by atoms with van der Waals surface area (Å²) in [6, 6.07) is 9.20. The molecule has 2 aromatic rings. The van der Waals surface area contributed by atoms with E-state index in [0.717, 1.165) is 5.39 Å². The summed E-state index contributed by atoms with van der Waals surface area (Å²) in [4.78, 5) is 16.1. The number of para-hydroxylation sites is 1. The highest BCUT2D eigenvalue weighted by Gasteiger charge is 2.10. The van der Waals surface area contributed by atoms with Crippen molar-refractivity contribution in [1.82, 2.24) is 10.3 Å². The van der Waals surface area contributed by atoms with E-state index in [2.05, 4.69) is 10.3 Å². The van der Waals surface area contributed by atoms with Gasteiger partial charge in [0.1, 0.15) is 0 Å². The van der Waals surface area contributed by atoms with Crippen LogP contribution in [0.2, 0.25) is 0 Å². The molecule has 0 radical (unpaired) electrons. The van der Waals surface area contributed by atoms with Crippen LogP contribution in [0.15, 0.2) is 36.5 Å². The molecule has 4 nitrogen and oxygen atoms in total. The molecule has 4 heteroatoms. The summed E-state index contributed by atoms with van der Waals surface area (Å²) < 4.78 is 0. The molecule has 0 aliphatic rings. The molecule has 1 aromatic carbocycles. The maximum atomic E-state index is 11.9. The van der Waals surface area contributed by atoms with Crippen LogP contribution in [0.25, 0.3) is 10.9 Å². The zero-order valence-electron chi connectivity index (χ0n) is 9.55. The fourth-order valence-electron chi connectivity index (χ4n) is 1.62. The lowest BCUT2D eigenvalue weighted by Crippen LogP contribution is -2.30. The second-order valence-corrected chi connectivity index (χ2v) is 3.94. The standard InChI is InChI=1S/C13H14N2O2/c1-9(16)8-15-13(17)11-6-2-4-10-5-3-7-14-12(10)11/h2-7,9,16H,8H2,1H3,(H,15,17)/t9-/m1/s1. The molecule has 17 heavy (non-hydrogen) atoms. The van der Waals surface area contributed by atoms with E-state index in [4.69, 9.17) is 5.11 Å². The van der Waals surface area contributed by atoms with Crippen molar-refractivity contribution in [2.45, 2.75) is 13.0 Å². The van der Waals surface area contributed by atoms with E-state index in [0.29, 0.717) is 11.1 Å². The minimum atomic E-state index is -0.554. The molecular weight excluding hydrogens is 216 g/mol. The minimum absolute atomic E-state index is 0.213. The first kappa shape index (κ1) is 11.5. The van der Waals surface area contributed by atoms with E-state index in [9.17, 15) is 4.79 Å². The zero-order valence-corrected chi connectivity index (χ0v) is 9.55. The van der Waals surface area contributed by atoms with Crippen LogP contribution >= 0.6 is 0 Å². The summed E-state index contributed by atoms with van der Waals surface area (Å²) in [5, 5.41) is 12.7. The lowest BCUT2D eigenvalue weighted by Gasteiger charge is -2.08. The van der Waals surface area contributed by atoms with Crippen LogP contribution in [-0.2, 0) is 0 Å². The van der Waals surface area contributed by atoms with E-state index in [-0.39, 0.29) is 12.5 Å². The van der Waals surface area contributed by atoms with E-state index in [1.807, 2.05) is 24.3 Å². The first-order valence-electron chi connectivity index (χ1n) is 5.48. The predicted octanol–water partition coefficient (Wildman–Crippen LogP) is 1.35. The topological polar surface area (TPSA) is 62.2 Å². The Morgan fingerprint density at radius 2 is 2.18 bits per heavy atom. The van der Waals surface area contributed by atoms with Gasteiger partial charge in [-0.1, -0.05) is 18.2 Å². The number of pyridine rings is 1. The number of carbonyl (C=O) groups is 1. The van der Waals surface area contributed by atoms with Crippen molar-refractivity contribution < 1.29 is 9.90 Å². The molecule has 1 amide bonds. The Balaban J connectivity index is 2.32. The van der Waals surface area contributed by atoms with E-state index >= 15 is 0 Å². The Morgan fingerprint density at radius 1 is 1.41 bits per heavy atom. The van der Waals surface area contributed by atoms with Crippen molar-refractivity contribution >= 4 is 16.8 Å². The number of aromatic nitrogens is 1. The number of carbonyl (C=O) groups excluding carboxylic acids is 1. The third-order valence-corrected chi connectivity index (χ3v) is 2.44. The summed E-state index contributed by atoms with van der Waals surface area (Å²) in [6.07, 6.45) is 1.11. The van der Waals surface area contributed by atoms with Gasteiger partial charge in [0, 0.05) is 18.1 Å². The van der Waals surface area contributed by atoms with Crippen molar-refractivity contribution in [2.75, 3.05) is 6.54 Å². The van der Waals surface area contributed by atoms with Gasteiger partial charge in [-0.25, -0.2) is 0 Å². The summed E-state index contributed by atoms with van der Waals surface area (Å²) in [5.74, 6) is -0.213. The fraction of sp³-hybridized carbons (Fsp3) is 0.231. The van der Waals surface area contributed by atoms with Crippen molar-refractivity contribution in [2.24, 2.45) is 0 Å². The second kappa shape index (κ2) is 4.93. The lowest BCUT2D eigenvalue weighted by molar-refractivity contribution is 0.0925. The van der Waals surface area contributed by atoms with Gasteiger partial charge >= 0.3 is 0 Å². The Bertz CT molecular complexity index is 532. The molecule has 88 valence electrons. The maximum Gasteiger partial charge on any atom is 0.253 e. The normalized spacial score (nSPS) is 12.4. The van der Waals surface area contributed by atoms with Gasteiger partial charge in [-0.3, -0.25) is 9.78 Å². The number of rotatable bonds is 3. The van der Waals surface area contributed by atoms with E-state index in [1.54, 1.807) is 19.2 Å². The number of hydrogen-bond donors (Lipinski definition) is 2. The highest BCUT2D eigenvalue weighted by molar-refractivity contribution is 6.05. The van der Waals surface area contributed by atoms with Gasteiger partial charge in [-0.05, 0) is 19.1 Å². The molecule has 2 rings (SSSR count). The number of fused-ring (bicyclic) bond motifs is 1. The average molecular weight is 230 g/mol. The third-order valence-electron chi connectivity index (χ3n) is 2.44. The van der Waals surface area contributed by atoms with E-state index in [1.165, 1.54) is 0 Å². The summed E-state index contributed by atoms with van der Waals surface area (Å²) in [6.45, 7) is 1.86. The number of nitrogens with one attached hydrogen (secondary N) is 1. The van der Waals surface area contributed by atoms with Gasteiger partial charge < -0.3 is 10.4 Å². The molecule has 0 bridgehead atoms. The Kier molecular flexibility index (Phi) is 3.35. The number of benzene rings is 1.